The number of ether oxygens (including phenoxy) is 3. The van der Waals surface area contributed by atoms with Crippen molar-refractivity contribution in [3.63, 3.8) is 0 Å². The summed E-state index contributed by atoms with van der Waals surface area (Å²) in [5.74, 6) is -3.48. The summed E-state index contributed by atoms with van der Waals surface area (Å²) in [7, 11) is 1.50. The summed E-state index contributed by atoms with van der Waals surface area (Å²) in [5, 5.41) is 13.1. The lowest BCUT2D eigenvalue weighted by Gasteiger charge is -2.38. The maximum atomic E-state index is 14.4. The van der Waals surface area contributed by atoms with Gasteiger partial charge in [-0.1, -0.05) is 62.2 Å². The van der Waals surface area contributed by atoms with Crippen molar-refractivity contribution in [3.8, 4) is 0 Å². The highest BCUT2D eigenvalue weighted by atomic mass is 16.6. The Bertz CT molecular complexity index is 1270. The van der Waals surface area contributed by atoms with Crippen LogP contribution in [-0.4, -0.2) is 102 Å². The van der Waals surface area contributed by atoms with E-state index < -0.39 is 59.6 Å². The number of aliphatic hydroxyl groups excluding tert-OH is 1. The predicted octanol–water partition coefficient (Wildman–Crippen LogP) is 3.33. The lowest BCUT2D eigenvalue weighted by molar-refractivity contribution is -0.163. The van der Waals surface area contributed by atoms with Crippen LogP contribution < -0.4 is 5.32 Å². The van der Waals surface area contributed by atoms with Gasteiger partial charge >= 0.3 is 5.97 Å². The van der Waals surface area contributed by atoms with Crippen LogP contribution in [0.4, 0.5) is 0 Å². The summed E-state index contributed by atoms with van der Waals surface area (Å²) >= 11 is 0. The van der Waals surface area contributed by atoms with Gasteiger partial charge in [-0.2, -0.15) is 0 Å². The molecule has 3 saturated heterocycles. The van der Waals surface area contributed by atoms with E-state index in [4.69, 9.17) is 14.2 Å². The number of nitrogens with one attached hydrogen (secondary N) is 1. The number of likely N-dealkylation sites (tertiary alicyclic amines) is 1. The van der Waals surface area contributed by atoms with E-state index in [9.17, 15) is 24.3 Å². The number of esters is 1. The van der Waals surface area contributed by atoms with Gasteiger partial charge in [-0.05, 0) is 38.2 Å². The van der Waals surface area contributed by atoms with Crippen LogP contribution in [0.15, 0.2) is 55.6 Å². The number of carbonyl (C=O) groups excluding carboxylic acids is 4. The van der Waals surface area contributed by atoms with Gasteiger partial charge in [0.05, 0.1) is 43.2 Å². The third-order valence-corrected chi connectivity index (χ3v) is 9.68. The maximum absolute atomic E-state index is 14.4. The van der Waals surface area contributed by atoms with E-state index in [1.165, 1.54) is 12.0 Å². The van der Waals surface area contributed by atoms with E-state index in [0.29, 0.717) is 37.9 Å². The summed E-state index contributed by atoms with van der Waals surface area (Å²) in [6, 6.07) is 6.70. The van der Waals surface area contributed by atoms with Crippen LogP contribution in [0.2, 0.25) is 0 Å². The molecular weight excluding hydrogens is 602 g/mol. The molecule has 3 fully saturated rings. The minimum Gasteiger partial charge on any atom is -0.455 e. The average Bonchev–Trinajstić information content (AvgIpc) is 3.72. The zero-order valence-corrected chi connectivity index (χ0v) is 28.0. The van der Waals surface area contributed by atoms with Crippen molar-refractivity contribution < 1.29 is 38.5 Å². The van der Waals surface area contributed by atoms with Crippen molar-refractivity contribution >= 4 is 23.7 Å². The van der Waals surface area contributed by atoms with Gasteiger partial charge in [0, 0.05) is 26.6 Å². The Kier molecular flexibility index (Phi) is 12.8. The molecule has 8 atom stereocenters. The first kappa shape index (κ1) is 36.3. The van der Waals surface area contributed by atoms with E-state index in [2.05, 4.69) is 25.4 Å². The lowest BCUT2D eigenvalue weighted by atomic mass is 9.70. The van der Waals surface area contributed by atoms with Gasteiger partial charge in [0.2, 0.25) is 17.7 Å². The number of fused-ring (bicyclic) bond motifs is 1. The fourth-order valence-electron chi connectivity index (χ4n) is 7.50. The molecule has 1 aromatic carbocycles. The molecule has 11 nitrogen and oxygen atoms in total. The minimum atomic E-state index is -1.23. The van der Waals surface area contributed by atoms with Crippen molar-refractivity contribution in [3.05, 3.63) is 61.2 Å². The molecule has 4 rings (SSSR count). The number of allylic oxidation sites excluding steroid dienone is 1. The Morgan fingerprint density at radius 2 is 1.96 bits per heavy atom. The number of rotatable bonds is 19. The second kappa shape index (κ2) is 16.5. The highest BCUT2D eigenvalue weighted by Gasteiger charge is 2.75. The molecule has 0 aliphatic carbocycles. The monoisotopic (exact) mass is 653 g/mol. The van der Waals surface area contributed by atoms with E-state index in [1.807, 2.05) is 30.3 Å². The van der Waals surface area contributed by atoms with Crippen LogP contribution in [0.25, 0.3) is 0 Å². The first-order chi connectivity index (χ1) is 22.7. The number of nitrogens with zero attached hydrogens (tertiary/aromatic N) is 2. The van der Waals surface area contributed by atoms with Crippen molar-refractivity contribution in [2.75, 3.05) is 33.4 Å². The van der Waals surface area contributed by atoms with Crippen LogP contribution in [0.3, 0.4) is 0 Å². The summed E-state index contributed by atoms with van der Waals surface area (Å²) in [6.45, 7) is 11.8. The Morgan fingerprint density at radius 3 is 2.60 bits per heavy atom. The molecule has 11 heteroatoms. The maximum Gasteiger partial charge on any atom is 0.313 e. The first-order valence-corrected chi connectivity index (χ1v) is 16.8. The van der Waals surface area contributed by atoms with Gasteiger partial charge in [0.15, 0.2) is 0 Å². The van der Waals surface area contributed by atoms with E-state index >= 15 is 0 Å². The number of amides is 3. The normalized spacial score (nSPS) is 26.3. The zero-order chi connectivity index (χ0) is 34.1. The highest BCUT2D eigenvalue weighted by molar-refractivity contribution is 5.98. The second-order valence-corrected chi connectivity index (χ2v) is 12.8. The lowest BCUT2D eigenvalue weighted by Crippen LogP contribution is -2.58. The molecule has 3 amide bonds. The molecule has 0 saturated carbocycles. The predicted molar refractivity (Wildman–Crippen MR) is 176 cm³/mol. The molecule has 258 valence electrons. The first-order valence-electron chi connectivity index (χ1n) is 16.8. The van der Waals surface area contributed by atoms with Gasteiger partial charge in [-0.15, -0.1) is 13.2 Å². The van der Waals surface area contributed by atoms with Gasteiger partial charge in [0.1, 0.15) is 17.7 Å². The SMILES string of the molecule is C=CCCC(=O)N[C@H](COC)[C@H](OC(=O)[C@@H]1[C@@H]2CC[C@]3(O2)[C@H](C(=O)N(CC=C)CCCCC)N([C@H](C)CO)C(=O)[C@@H]13)c1ccccc1. The largest absolute Gasteiger partial charge is 0.455 e. The van der Waals surface area contributed by atoms with Crippen LogP contribution in [0.5, 0.6) is 0 Å². The summed E-state index contributed by atoms with van der Waals surface area (Å²) < 4.78 is 18.3. The zero-order valence-electron chi connectivity index (χ0n) is 28.0. The quantitative estimate of drug-likeness (QED) is 0.132. The molecule has 3 aliphatic rings. The molecule has 2 N–H and O–H groups in total. The van der Waals surface area contributed by atoms with Crippen LogP contribution >= 0.6 is 0 Å². The Hall–Kier alpha value is -3.54. The third-order valence-electron chi connectivity index (χ3n) is 9.68. The molecular formula is C36H51N3O8. The number of aliphatic hydroxyl groups is 1. The van der Waals surface area contributed by atoms with Crippen LogP contribution in [0.1, 0.15) is 70.5 Å². The van der Waals surface area contributed by atoms with Crippen molar-refractivity contribution in [1.29, 1.82) is 0 Å². The van der Waals surface area contributed by atoms with Gasteiger partial charge in [-0.25, -0.2) is 0 Å². The molecule has 2 bridgehead atoms. The van der Waals surface area contributed by atoms with Crippen molar-refractivity contribution in [2.45, 2.75) is 94.7 Å². The van der Waals surface area contributed by atoms with Gasteiger partial charge < -0.3 is 34.4 Å². The van der Waals surface area contributed by atoms with Gasteiger partial charge in [-0.3, -0.25) is 19.2 Å². The fraction of sp³-hybridized carbons (Fsp3) is 0.611. The molecule has 0 radical (unpaired) electrons. The Morgan fingerprint density at radius 1 is 1.21 bits per heavy atom. The van der Waals surface area contributed by atoms with E-state index in [-0.39, 0.29) is 31.4 Å². The molecule has 0 unspecified atom stereocenters. The number of hydrogen-bond donors (Lipinski definition) is 2. The smallest absolute Gasteiger partial charge is 0.313 e. The average molecular weight is 654 g/mol. The number of unbranched alkanes of at least 4 members (excludes halogenated alkanes) is 2. The summed E-state index contributed by atoms with van der Waals surface area (Å²) in [4.78, 5) is 58.9. The highest BCUT2D eigenvalue weighted by Crippen LogP contribution is 2.59. The second-order valence-electron chi connectivity index (χ2n) is 12.8. The Labute approximate surface area is 278 Å². The minimum absolute atomic E-state index is 0.0686. The van der Waals surface area contributed by atoms with Crippen molar-refractivity contribution in [1.82, 2.24) is 15.1 Å². The molecule has 0 aromatic heterocycles. The van der Waals surface area contributed by atoms with Gasteiger partial charge in [0.25, 0.3) is 0 Å². The van der Waals surface area contributed by atoms with E-state index in [1.54, 1.807) is 24.0 Å². The topological polar surface area (TPSA) is 135 Å². The third kappa shape index (κ3) is 7.47. The van der Waals surface area contributed by atoms with Crippen LogP contribution in [-0.2, 0) is 33.4 Å². The molecule has 3 heterocycles. The molecule has 47 heavy (non-hydrogen) atoms. The summed E-state index contributed by atoms with van der Waals surface area (Å²) in [5.41, 5.74) is -0.581. The van der Waals surface area contributed by atoms with E-state index in [0.717, 1.165) is 19.3 Å². The standard InChI is InChI=1S/C36H51N3O8/c1-6-9-14-21-38(20-8-3)34(43)32-36-19-18-27(47-36)29(30(36)33(42)39(32)24(4)22-40)35(44)46-31(25-15-12-11-13-16-25)26(23-45-5)37-28(41)17-10-7-2/h7-8,11-13,15-16,24,26-27,29-32,40H,2-3,6,9-10,14,17-23H2,1,4-5H3,(H,37,41)/t24-,26-,27+,29-,30-,31-,32+,36-/m1/s1. The molecule has 1 aromatic rings. The number of methoxy groups -OCH3 is 1. The number of carbonyl (C=O) groups is 4. The fourth-order valence-corrected chi connectivity index (χ4v) is 7.50. The summed E-state index contributed by atoms with van der Waals surface area (Å²) in [6.07, 6.45) is 6.11. The van der Waals surface area contributed by atoms with Crippen molar-refractivity contribution in [2.24, 2.45) is 11.8 Å². The van der Waals surface area contributed by atoms with Crippen LogP contribution in [0, 0.1) is 11.8 Å². The number of hydrogen-bond acceptors (Lipinski definition) is 8. The number of benzene rings is 1. The Balaban J connectivity index is 1.68. The molecule has 1 spiro atoms. The molecule has 3 aliphatic heterocycles.